The van der Waals surface area contributed by atoms with Crippen LogP contribution in [0, 0.1) is 11.8 Å². The van der Waals surface area contributed by atoms with E-state index in [2.05, 4.69) is 21.8 Å². The van der Waals surface area contributed by atoms with Gasteiger partial charge in [0.05, 0.1) is 23.6 Å². The topological polar surface area (TPSA) is 95.9 Å². The maximum absolute atomic E-state index is 13.6. The minimum absolute atomic E-state index is 0.0644. The lowest BCUT2D eigenvalue weighted by atomic mass is 9.70. The molecule has 3 aliphatic rings. The number of benzene rings is 2. The third-order valence-electron chi connectivity index (χ3n) is 9.43. The van der Waals surface area contributed by atoms with E-state index in [0.29, 0.717) is 37.2 Å². The molecule has 2 aromatic rings. The number of sulfonamides is 1. The van der Waals surface area contributed by atoms with Gasteiger partial charge in [-0.2, -0.15) is 0 Å². The Hall–Kier alpha value is -2.55. The largest absolute Gasteiger partial charge is 0.490 e. The Morgan fingerprint density at radius 3 is 2.73 bits per heavy atom. The summed E-state index contributed by atoms with van der Waals surface area (Å²) in [5.74, 6) is 0.143. The summed E-state index contributed by atoms with van der Waals surface area (Å²) < 4.78 is 36.1. The Morgan fingerprint density at radius 1 is 1.11 bits per heavy atom. The molecule has 1 aliphatic carbocycles. The fourth-order valence-corrected chi connectivity index (χ4v) is 9.11. The third kappa shape index (κ3) is 7.63. The minimum atomic E-state index is -3.96. The molecule has 0 fully saturated rings. The molecule has 44 heavy (non-hydrogen) atoms. The molecule has 2 aliphatic heterocycles. The van der Waals surface area contributed by atoms with E-state index in [0.717, 1.165) is 62.3 Å². The minimum Gasteiger partial charge on any atom is -0.490 e. The maximum atomic E-state index is 13.6. The van der Waals surface area contributed by atoms with Gasteiger partial charge < -0.3 is 14.7 Å². The van der Waals surface area contributed by atoms with Crippen molar-refractivity contribution in [3.05, 3.63) is 70.3 Å². The first kappa shape index (κ1) is 32.8. The van der Waals surface area contributed by atoms with E-state index >= 15 is 0 Å². The van der Waals surface area contributed by atoms with Crippen molar-refractivity contribution in [1.82, 2.24) is 4.72 Å². The molecule has 1 amide bonds. The molecular formula is C35H47ClN2O5S. The zero-order valence-corrected chi connectivity index (χ0v) is 27.8. The smallest absolute Gasteiger partial charge is 0.264 e. The molecule has 0 unspecified atom stereocenters. The summed E-state index contributed by atoms with van der Waals surface area (Å²) in [5, 5.41) is 10.6. The first-order valence-corrected chi connectivity index (χ1v) is 18.1. The Kier molecular flexibility index (Phi) is 10.3. The number of nitrogens with zero attached hydrogens (tertiary/aromatic N) is 1. The van der Waals surface area contributed by atoms with Crippen LogP contribution in [0.2, 0.25) is 5.02 Å². The molecule has 240 valence electrons. The van der Waals surface area contributed by atoms with Crippen LogP contribution >= 0.6 is 11.6 Å². The lowest BCUT2D eigenvalue weighted by Crippen LogP contribution is -2.46. The molecule has 7 nitrogen and oxygen atoms in total. The van der Waals surface area contributed by atoms with Crippen molar-refractivity contribution in [2.45, 2.75) is 95.3 Å². The Morgan fingerprint density at radius 2 is 1.93 bits per heavy atom. The number of ether oxygens (including phenoxy) is 1. The van der Waals surface area contributed by atoms with Gasteiger partial charge in [-0.25, -0.2) is 13.1 Å². The highest BCUT2D eigenvalue weighted by molar-refractivity contribution is 7.90. The van der Waals surface area contributed by atoms with Gasteiger partial charge in [-0.05, 0) is 98.2 Å². The average molecular weight is 643 g/mol. The molecular weight excluding hydrogens is 596 g/mol. The monoisotopic (exact) mass is 642 g/mol. The Bertz CT molecular complexity index is 1480. The first-order valence-electron chi connectivity index (χ1n) is 16.2. The number of anilines is 1. The van der Waals surface area contributed by atoms with Crippen LogP contribution in [0.5, 0.6) is 5.75 Å². The lowest BCUT2D eigenvalue weighted by molar-refractivity contribution is 0.0980. The van der Waals surface area contributed by atoms with Gasteiger partial charge in [0.1, 0.15) is 5.75 Å². The highest BCUT2D eigenvalue weighted by Crippen LogP contribution is 2.44. The second-order valence-corrected chi connectivity index (χ2v) is 16.0. The van der Waals surface area contributed by atoms with E-state index < -0.39 is 27.3 Å². The third-order valence-corrected chi connectivity index (χ3v) is 11.4. The normalized spacial score (nSPS) is 28.6. The van der Waals surface area contributed by atoms with Gasteiger partial charge in [0.2, 0.25) is 10.0 Å². The Labute approximate surface area is 268 Å². The number of carbonyl (C=O) groups is 1. The second-order valence-electron chi connectivity index (χ2n) is 13.6. The van der Waals surface area contributed by atoms with Gasteiger partial charge in [0, 0.05) is 29.1 Å². The van der Waals surface area contributed by atoms with E-state index in [1.54, 1.807) is 18.2 Å². The number of fused-ring (bicyclic) bond motifs is 3. The highest BCUT2D eigenvalue weighted by Gasteiger charge is 2.42. The summed E-state index contributed by atoms with van der Waals surface area (Å²) >= 11 is 6.38. The number of aliphatic hydroxyl groups is 1. The molecule has 5 rings (SSSR count). The number of rotatable bonds is 2. The number of halogens is 1. The zero-order valence-electron chi connectivity index (χ0n) is 26.2. The molecule has 4 atom stereocenters. The standard InChI is InChI=1S/C35H47ClN2O5S/c1-24(2)18-30-19-25(3)10-13-29(39)9-5-4-6-17-38-22-35(16-7-8-26-20-28(36)12-14-31(26)35)23-43-33-15-11-27(21-32(33)38)34(40)37-44(30,41)42/h10-15,20-21,24-25,29-30,39H,4-9,16-19,22-23H2,1-3H3,(H,37,40)/b13-10+/t25-,29+,30+,35-/m0/s1. The van der Waals surface area contributed by atoms with Crippen molar-refractivity contribution in [1.29, 1.82) is 0 Å². The lowest BCUT2D eigenvalue weighted by Gasteiger charge is -2.41. The molecule has 0 radical (unpaired) electrons. The van der Waals surface area contributed by atoms with E-state index in [4.69, 9.17) is 16.3 Å². The van der Waals surface area contributed by atoms with Crippen molar-refractivity contribution in [2.75, 3.05) is 24.6 Å². The van der Waals surface area contributed by atoms with E-state index in [1.807, 2.05) is 39.0 Å². The molecule has 2 bridgehead atoms. The molecule has 0 saturated heterocycles. The van der Waals surface area contributed by atoms with Gasteiger partial charge in [0.25, 0.3) is 5.91 Å². The summed E-state index contributed by atoms with van der Waals surface area (Å²) in [6, 6.07) is 11.4. The van der Waals surface area contributed by atoms with Crippen LogP contribution in [0.25, 0.3) is 0 Å². The molecule has 2 N–H and O–H groups in total. The summed E-state index contributed by atoms with van der Waals surface area (Å²) in [6.45, 7) is 7.92. The van der Waals surface area contributed by atoms with Crippen LogP contribution in [-0.2, 0) is 21.9 Å². The highest BCUT2D eigenvalue weighted by atomic mass is 35.5. The van der Waals surface area contributed by atoms with Gasteiger partial charge in [-0.15, -0.1) is 0 Å². The van der Waals surface area contributed by atoms with Crippen molar-refractivity contribution >= 4 is 33.2 Å². The predicted octanol–water partition coefficient (Wildman–Crippen LogP) is 6.80. The number of carbonyl (C=O) groups excluding carboxylic acids is 1. The number of aliphatic hydroxyl groups excluding tert-OH is 1. The van der Waals surface area contributed by atoms with Crippen LogP contribution in [0.3, 0.4) is 0 Å². The van der Waals surface area contributed by atoms with Gasteiger partial charge >= 0.3 is 0 Å². The predicted molar refractivity (Wildman–Crippen MR) is 177 cm³/mol. The van der Waals surface area contributed by atoms with Gasteiger partial charge in [-0.1, -0.05) is 63.4 Å². The average Bonchev–Trinajstić information content (AvgIpc) is 3.11. The van der Waals surface area contributed by atoms with Crippen LogP contribution in [-0.4, -0.2) is 50.5 Å². The summed E-state index contributed by atoms with van der Waals surface area (Å²) in [4.78, 5) is 15.9. The number of allylic oxidation sites excluding steroid dienone is 1. The molecule has 2 aromatic carbocycles. The van der Waals surface area contributed by atoms with Crippen LogP contribution < -0.4 is 14.4 Å². The molecule has 2 heterocycles. The Balaban J connectivity index is 1.50. The van der Waals surface area contributed by atoms with Crippen LogP contribution in [0.4, 0.5) is 5.69 Å². The quantitative estimate of drug-likeness (QED) is 0.350. The van der Waals surface area contributed by atoms with Crippen LogP contribution in [0.15, 0.2) is 48.6 Å². The molecule has 0 saturated carbocycles. The zero-order chi connectivity index (χ0) is 31.5. The van der Waals surface area contributed by atoms with Crippen molar-refractivity contribution in [3.8, 4) is 5.75 Å². The fraction of sp³-hybridized carbons (Fsp3) is 0.571. The number of hydrogen-bond acceptors (Lipinski definition) is 6. The SMILES string of the molecule is CC(C)C[C@@H]1C[C@@H](C)/C=C/[C@H](O)CCCCCN2C[C@@]3(CCCc4cc(Cl)ccc43)COc3ccc(cc32)C(=O)NS1(=O)=O. The van der Waals surface area contributed by atoms with Crippen LogP contribution in [0.1, 0.15) is 93.6 Å². The number of nitrogens with one attached hydrogen (secondary N) is 1. The fourth-order valence-electron chi connectivity index (χ4n) is 7.18. The second kappa shape index (κ2) is 13.8. The number of hydrogen-bond donors (Lipinski definition) is 2. The maximum Gasteiger partial charge on any atom is 0.264 e. The number of amides is 1. The van der Waals surface area contributed by atoms with Crippen molar-refractivity contribution in [3.63, 3.8) is 0 Å². The molecule has 0 aromatic heterocycles. The van der Waals surface area contributed by atoms with E-state index in [1.165, 1.54) is 11.1 Å². The molecule has 1 spiro atoms. The van der Waals surface area contributed by atoms with Gasteiger partial charge in [-0.3, -0.25) is 4.79 Å². The first-order chi connectivity index (χ1) is 21.0. The summed E-state index contributed by atoms with van der Waals surface area (Å²) in [7, 11) is -3.96. The van der Waals surface area contributed by atoms with Crippen molar-refractivity contribution < 1.29 is 23.1 Å². The number of aryl methyl sites for hydroxylation is 1. The van der Waals surface area contributed by atoms with Gasteiger partial charge in [0.15, 0.2) is 0 Å². The molecule has 9 heteroatoms. The summed E-state index contributed by atoms with van der Waals surface area (Å²) in [6.07, 6.45) is 10.4. The van der Waals surface area contributed by atoms with E-state index in [9.17, 15) is 18.3 Å². The summed E-state index contributed by atoms with van der Waals surface area (Å²) in [5.41, 5.74) is 3.40. The van der Waals surface area contributed by atoms with Crippen molar-refractivity contribution in [2.24, 2.45) is 11.8 Å². The van der Waals surface area contributed by atoms with E-state index in [-0.39, 0.29) is 17.3 Å².